The minimum absolute atomic E-state index is 0.165. The van der Waals surface area contributed by atoms with Crippen molar-refractivity contribution >= 4 is 46.8 Å². The number of benzene rings is 1. The number of nitrogens with two attached hydrogens (primary N) is 1. The van der Waals surface area contributed by atoms with Gasteiger partial charge in [-0.25, -0.2) is 4.79 Å². The predicted octanol–water partition coefficient (Wildman–Crippen LogP) is 3.28. The molecule has 1 aromatic rings. The van der Waals surface area contributed by atoms with Crippen LogP contribution < -0.4 is 20.9 Å². The number of carbonyl (C=O) groups is 3. The molecule has 1 heterocycles. The second kappa shape index (κ2) is 9.42. The van der Waals surface area contributed by atoms with Crippen LogP contribution in [0.3, 0.4) is 0 Å². The van der Waals surface area contributed by atoms with E-state index in [1.165, 1.54) is 24.9 Å². The Labute approximate surface area is 188 Å². The number of fused-ring (bicyclic) bond motifs is 1. The van der Waals surface area contributed by atoms with Crippen LogP contribution in [-0.2, 0) is 14.3 Å². The minimum atomic E-state index is -0.501. The van der Waals surface area contributed by atoms with E-state index in [4.69, 9.17) is 10.5 Å². The summed E-state index contributed by atoms with van der Waals surface area (Å²) in [5, 5.41) is 2.82. The fourth-order valence-corrected chi connectivity index (χ4v) is 3.73. The van der Waals surface area contributed by atoms with Crippen LogP contribution in [0.1, 0.15) is 53.0 Å². The molecule has 0 saturated heterocycles. The molecule has 1 aliphatic heterocycles. The molecule has 0 bridgehead atoms. The molecule has 1 fully saturated rings. The Bertz CT molecular complexity index is 981. The van der Waals surface area contributed by atoms with Gasteiger partial charge in [0.05, 0.1) is 35.2 Å². The van der Waals surface area contributed by atoms with Crippen molar-refractivity contribution in [3.05, 3.63) is 23.9 Å². The number of hydrogen-bond acceptors (Lipinski definition) is 6. The number of carbonyl (C=O) groups excluding carboxylic acids is 3. The van der Waals surface area contributed by atoms with Gasteiger partial charge in [0.15, 0.2) is 0 Å². The highest BCUT2D eigenvalue weighted by Gasteiger charge is 2.36. The third kappa shape index (κ3) is 5.09. The van der Waals surface area contributed by atoms with E-state index in [1.54, 1.807) is 37.1 Å². The average molecular weight is 442 g/mol. The lowest BCUT2D eigenvalue weighted by Crippen LogP contribution is -2.51. The number of allylic oxidation sites excluding steroid dienone is 1. The third-order valence-electron chi connectivity index (χ3n) is 5.22. The lowest BCUT2D eigenvalue weighted by atomic mass is 9.99. The van der Waals surface area contributed by atoms with Gasteiger partial charge in [0, 0.05) is 43.9 Å². The first kappa shape index (κ1) is 23.3. The van der Waals surface area contributed by atoms with Gasteiger partial charge in [0.1, 0.15) is 0 Å². The van der Waals surface area contributed by atoms with Crippen molar-refractivity contribution in [2.45, 2.75) is 65.6 Å². The molecule has 1 saturated carbocycles. The van der Waals surface area contributed by atoms with Crippen molar-refractivity contribution in [3.63, 3.8) is 0 Å². The molecule has 9 nitrogen and oxygen atoms in total. The topological polar surface area (TPSA) is 117 Å². The number of anilines is 3. The van der Waals surface area contributed by atoms with Gasteiger partial charge >= 0.3 is 6.09 Å². The first-order valence-electron chi connectivity index (χ1n) is 10.8. The minimum Gasteiger partial charge on any atom is -0.446 e. The monoisotopic (exact) mass is 441 g/mol. The van der Waals surface area contributed by atoms with Crippen molar-refractivity contribution < 1.29 is 19.1 Å². The van der Waals surface area contributed by atoms with Crippen LogP contribution in [0, 0.1) is 0 Å². The molecule has 0 unspecified atom stereocenters. The zero-order valence-electron chi connectivity index (χ0n) is 19.2. The van der Waals surface area contributed by atoms with Gasteiger partial charge in [-0.2, -0.15) is 0 Å². The molecular weight excluding hydrogens is 410 g/mol. The highest BCUT2D eigenvalue weighted by molar-refractivity contribution is 6.15. The van der Waals surface area contributed by atoms with Crippen molar-refractivity contribution in [1.29, 1.82) is 0 Å². The molecule has 1 aliphatic carbocycles. The van der Waals surface area contributed by atoms with Crippen LogP contribution in [0.15, 0.2) is 23.3 Å². The first-order chi connectivity index (χ1) is 15.1. The lowest BCUT2D eigenvalue weighted by molar-refractivity contribution is -0.117. The van der Waals surface area contributed by atoms with E-state index in [-0.39, 0.29) is 30.5 Å². The smallest absolute Gasteiger partial charge is 0.414 e. The quantitative estimate of drug-likeness (QED) is 0.680. The molecule has 0 spiro atoms. The Balaban J connectivity index is 2.19. The van der Waals surface area contributed by atoms with E-state index >= 15 is 0 Å². The standard InChI is InChI=1S/C23H31N5O4/c1-13(2)32-23(31)27-12-14(3)28(16(5)30)22-9-20(26-15(4)29)19(8-21(22)27)17(10-24)11-25-18-6-7-18/h8-11,13-14,18H,6-7,12,24H2,1-5H3,(H,26,29)/b17-10+,25-11?/t14-/m0/s1. The Morgan fingerprint density at radius 3 is 2.44 bits per heavy atom. The molecule has 0 aromatic heterocycles. The summed E-state index contributed by atoms with van der Waals surface area (Å²) in [4.78, 5) is 44.9. The lowest BCUT2D eigenvalue weighted by Gasteiger charge is -2.41. The van der Waals surface area contributed by atoms with Gasteiger partial charge in [-0.3, -0.25) is 19.5 Å². The Morgan fingerprint density at radius 2 is 1.91 bits per heavy atom. The van der Waals surface area contributed by atoms with Crippen LogP contribution in [0.5, 0.6) is 0 Å². The van der Waals surface area contributed by atoms with E-state index in [0.29, 0.717) is 34.2 Å². The summed E-state index contributed by atoms with van der Waals surface area (Å²) in [6, 6.07) is 3.46. The molecule has 0 radical (unpaired) electrons. The molecule has 32 heavy (non-hydrogen) atoms. The van der Waals surface area contributed by atoms with Crippen molar-refractivity contribution in [3.8, 4) is 0 Å². The largest absolute Gasteiger partial charge is 0.446 e. The number of amides is 3. The highest BCUT2D eigenvalue weighted by Crippen LogP contribution is 2.42. The second-order valence-corrected chi connectivity index (χ2v) is 8.48. The van der Waals surface area contributed by atoms with E-state index in [9.17, 15) is 14.4 Å². The highest BCUT2D eigenvalue weighted by atomic mass is 16.6. The van der Waals surface area contributed by atoms with Crippen LogP contribution in [0.25, 0.3) is 5.57 Å². The maximum atomic E-state index is 12.9. The molecular formula is C23H31N5O4. The molecule has 2 aliphatic rings. The number of nitrogens with zero attached hydrogens (tertiary/aromatic N) is 3. The fourth-order valence-electron chi connectivity index (χ4n) is 3.73. The summed E-state index contributed by atoms with van der Waals surface area (Å²) in [5.41, 5.74) is 8.62. The molecule has 172 valence electrons. The number of nitrogens with one attached hydrogen (secondary N) is 1. The van der Waals surface area contributed by atoms with Crippen LogP contribution >= 0.6 is 0 Å². The molecule has 3 N–H and O–H groups in total. The van der Waals surface area contributed by atoms with E-state index in [1.807, 2.05) is 6.92 Å². The zero-order valence-corrected chi connectivity index (χ0v) is 19.2. The van der Waals surface area contributed by atoms with Gasteiger partial charge < -0.3 is 20.7 Å². The summed E-state index contributed by atoms with van der Waals surface area (Å²) in [6.07, 6.45) is 4.39. The molecule has 3 amide bonds. The molecule has 3 rings (SSSR count). The summed E-state index contributed by atoms with van der Waals surface area (Å²) < 4.78 is 5.45. The van der Waals surface area contributed by atoms with Gasteiger partial charge in [0.2, 0.25) is 11.8 Å². The van der Waals surface area contributed by atoms with Crippen molar-refractivity contribution in [1.82, 2.24) is 0 Å². The van der Waals surface area contributed by atoms with E-state index in [2.05, 4.69) is 10.3 Å². The van der Waals surface area contributed by atoms with Crippen molar-refractivity contribution in [2.24, 2.45) is 10.7 Å². The van der Waals surface area contributed by atoms with Gasteiger partial charge in [-0.05, 0) is 45.7 Å². The van der Waals surface area contributed by atoms with Crippen LogP contribution in [0.2, 0.25) is 0 Å². The predicted molar refractivity (Wildman–Crippen MR) is 126 cm³/mol. The van der Waals surface area contributed by atoms with Gasteiger partial charge in [0.25, 0.3) is 0 Å². The first-order valence-corrected chi connectivity index (χ1v) is 10.8. The maximum absolute atomic E-state index is 12.9. The Kier molecular flexibility index (Phi) is 6.86. The summed E-state index contributed by atoms with van der Waals surface area (Å²) in [7, 11) is 0. The van der Waals surface area contributed by atoms with Gasteiger partial charge in [-0.1, -0.05) is 0 Å². The van der Waals surface area contributed by atoms with E-state index < -0.39 is 6.09 Å². The number of aliphatic imine (C=N–C) groups is 1. The summed E-state index contributed by atoms with van der Waals surface area (Å²) in [6.45, 7) is 8.58. The number of ether oxygens (including phenoxy) is 1. The number of rotatable bonds is 5. The molecule has 9 heteroatoms. The summed E-state index contributed by atoms with van der Waals surface area (Å²) >= 11 is 0. The Morgan fingerprint density at radius 1 is 1.22 bits per heavy atom. The molecule has 1 atom stereocenters. The van der Waals surface area contributed by atoms with Crippen molar-refractivity contribution in [2.75, 3.05) is 21.7 Å². The van der Waals surface area contributed by atoms with Crippen LogP contribution in [0.4, 0.5) is 21.9 Å². The maximum Gasteiger partial charge on any atom is 0.414 e. The number of hydrogen-bond donors (Lipinski definition) is 2. The van der Waals surface area contributed by atoms with Crippen LogP contribution in [-0.4, -0.2) is 48.9 Å². The zero-order chi connectivity index (χ0) is 23.6. The third-order valence-corrected chi connectivity index (χ3v) is 5.22. The van der Waals surface area contributed by atoms with E-state index in [0.717, 1.165) is 12.8 Å². The molecule has 1 aromatic carbocycles. The fraction of sp³-hybridized carbons (Fsp3) is 0.478. The normalized spacial score (nSPS) is 18.7. The SMILES string of the molecule is CC(=O)Nc1cc2c(cc1/C(C=NC1CC1)=C/N)N(C(=O)OC(C)C)C[C@H](C)N2C(C)=O. The summed E-state index contributed by atoms with van der Waals surface area (Å²) in [5.74, 6) is -0.432. The van der Waals surface area contributed by atoms with Gasteiger partial charge in [-0.15, -0.1) is 0 Å². The Hall–Kier alpha value is -3.36. The second-order valence-electron chi connectivity index (χ2n) is 8.48. The average Bonchev–Trinajstić information content (AvgIpc) is 3.51.